The standard InChI is InChI=1S/C22H28ClN3O5S/c1-15-6-7-16(23)12-18(15)25-8-10-26(11-9-25)22(27)17-13-20(30-3)21(31-4)14-19(17)24(2)32(5,28)29/h6-7,12-14H,8-11H2,1-5H3. The fraction of sp³-hybridized carbons (Fsp3) is 0.409. The van der Waals surface area contributed by atoms with E-state index in [9.17, 15) is 13.2 Å². The molecule has 1 heterocycles. The first-order valence-corrected chi connectivity index (χ1v) is 12.3. The minimum atomic E-state index is -3.60. The van der Waals surface area contributed by atoms with Gasteiger partial charge in [-0.1, -0.05) is 17.7 Å². The maximum atomic E-state index is 13.5. The Morgan fingerprint density at radius 1 is 1.03 bits per heavy atom. The number of aryl methyl sites for hydroxylation is 1. The number of methoxy groups -OCH3 is 2. The number of amides is 1. The Kier molecular flexibility index (Phi) is 7.09. The van der Waals surface area contributed by atoms with Crippen LogP contribution in [0.25, 0.3) is 0 Å². The topological polar surface area (TPSA) is 79.4 Å². The van der Waals surface area contributed by atoms with Crippen molar-refractivity contribution in [2.45, 2.75) is 6.92 Å². The first kappa shape index (κ1) is 24.0. The molecule has 0 aliphatic carbocycles. The van der Waals surface area contributed by atoms with Crippen molar-refractivity contribution in [2.24, 2.45) is 0 Å². The molecule has 1 saturated heterocycles. The average Bonchev–Trinajstić information content (AvgIpc) is 2.78. The van der Waals surface area contributed by atoms with Gasteiger partial charge in [-0.05, 0) is 30.7 Å². The molecule has 0 spiro atoms. The number of halogens is 1. The van der Waals surface area contributed by atoms with E-state index in [0.717, 1.165) is 21.8 Å². The van der Waals surface area contributed by atoms with Gasteiger partial charge in [0.15, 0.2) is 11.5 Å². The Hall–Kier alpha value is -2.65. The lowest BCUT2D eigenvalue weighted by Crippen LogP contribution is -2.49. The Labute approximate surface area is 194 Å². The number of carbonyl (C=O) groups is 1. The third-order valence-corrected chi connectivity index (χ3v) is 7.07. The Morgan fingerprint density at radius 3 is 2.19 bits per heavy atom. The van der Waals surface area contributed by atoms with Crippen molar-refractivity contribution in [3.8, 4) is 11.5 Å². The molecule has 2 aromatic rings. The third-order valence-electron chi connectivity index (χ3n) is 5.65. The third kappa shape index (κ3) is 4.88. The van der Waals surface area contributed by atoms with Gasteiger partial charge in [0, 0.05) is 50.0 Å². The first-order chi connectivity index (χ1) is 15.1. The van der Waals surface area contributed by atoms with Gasteiger partial charge in [-0.2, -0.15) is 0 Å². The summed E-state index contributed by atoms with van der Waals surface area (Å²) in [5.74, 6) is 0.435. The smallest absolute Gasteiger partial charge is 0.256 e. The zero-order valence-electron chi connectivity index (χ0n) is 18.9. The number of nitrogens with zero attached hydrogens (tertiary/aromatic N) is 3. The van der Waals surface area contributed by atoms with Gasteiger partial charge >= 0.3 is 0 Å². The van der Waals surface area contributed by atoms with Crippen molar-refractivity contribution in [3.63, 3.8) is 0 Å². The fourth-order valence-electron chi connectivity index (χ4n) is 3.72. The molecular weight excluding hydrogens is 454 g/mol. The molecule has 3 rings (SSSR count). The molecule has 0 N–H and O–H groups in total. The summed E-state index contributed by atoms with van der Waals surface area (Å²) in [7, 11) is 0.744. The van der Waals surface area contributed by atoms with Gasteiger partial charge in [0.05, 0.1) is 31.7 Å². The van der Waals surface area contributed by atoms with E-state index in [4.69, 9.17) is 21.1 Å². The second-order valence-corrected chi connectivity index (χ2v) is 10.1. The predicted molar refractivity (Wildman–Crippen MR) is 127 cm³/mol. The van der Waals surface area contributed by atoms with E-state index < -0.39 is 10.0 Å². The highest BCUT2D eigenvalue weighted by molar-refractivity contribution is 7.92. The number of rotatable bonds is 6. The zero-order valence-corrected chi connectivity index (χ0v) is 20.5. The molecule has 1 aliphatic heterocycles. The summed E-state index contributed by atoms with van der Waals surface area (Å²) >= 11 is 6.17. The van der Waals surface area contributed by atoms with Crippen LogP contribution >= 0.6 is 11.6 Å². The van der Waals surface area contributed by atoms with Gasteiger partial charge in [0.1, 0.15) is 0 Å². The van der Waals surface area contributed by atoms with E-state index in [1.54, 1.807) is 4.90 Å². The van der Waals surface area contributed by atoms with Crippen LogP contribution in [-0.2, 0) is 10.0 Å². The summed E-state index contributed by atoms with van der Waals surface area (Å²) in [6.45, 7) is 4.28. The number of sulfonamides is 1. The molecule has 1 amide bonds. The lowest BCUT2D eigenvalue weighted by atomic mass is 10.1. The normalized spacial score (nSPS) is 14.3. The van der Waals surface area contributed by atoms with Crippen molar-refractivity contribution >= 4 is 38.9 Å². The molecule has 2 aromatic carbocycles. The van der Waals surface area contributed by atoms with E-state index in [2.05, 4.69) is 4.90 Å². The summed E-state index contributed by atoms with van der Waals surface area (Å²) in [6, 6.07) is 8.81. The molecule has 8 nitrogen and oxygen atoms in total. The molecule has 0 unspecified atom stereocenters. The molecule has 0 saturated carbocycles. The van der Waals surface area contributed by atoms with E-state index in [1.165, 1.54) is 33.4 Å². The molecule has 0 atom stereocenters. The van der Waals surface area contributed by atoms with Crippen LogP contribution < -0.4 is 18.7 Å². The van der Waals surface area contributed by atoms with E-state index in [-0.39, 0.29) is 17.2 Å². The van der Waals surface area contributed by atoms with Crippen LogP contribution in [0.2, 0.25) is 5.02 Å². The Balaban J connectivity index is 1.89. The van der Waals surface area contributed by atoms with Crippen molar-refractivity contribution in [1.29, 1.82) is 0 Å². The average molecular weight is 482 g/mol. The summed E-state index contributed by atoms with van der Waals surface area (Å²) in [4.78, 5) is 17.4. The van der Waals surface area contributed by atoms with Crippen LogP contribution in [0.4, 0.5) is 11.4 Å². The Morgan fingerprint density at radius 2 is 1.62 bits per heavy atom. The van der Waals surface area contributed by atoms with Gasteiger partial charge in [-0.3, -0.25) is 9.10 Å². The van der Waals surface area contributed by atoms with Crippen LogP contribution in [0.1, 0.15) is 15.9 Å². The van der Waals surface area contributed by atoms with E-state index in [1.807, 2.05) is 25.1 Å². The van der Waals surface area contributed by atoms with Gasteiger partial charge in [0.2, 0.25) is 10.0 Å². The minimum Gasteiger partial charge on any atom is -0.493 e. The van der Waals surface area contributed by atoms with Crippen LogP contribution in [0.15, 0.2) is 30.3 Å². The SMILES string of the molecule is COc1cc(C(=O)N2CCN(c3cc(Cl)ccc3C)CC2)c(N(C)S(C)(=O)=O)cc1OC. The fourth-order valence-corrected chi connectivity index (χ4v) is 4.40. The number of benzene rings is 2. The zero-order chi connectivity index (χ0) is 23.6. The second-order valence-electron chi connectivity index (χ2n) is 7.66. The largest absolute Gasteiger partial charge is 0.493 e. The number of ether oxygens (including phenoxy) is 2. The van der Waals surface area contributed by atoms with Crippen molar-refractivity contribution < 1.29 is 22.7 Å². The molecule has 0 aromatic heterocycles. The second kappa shape index (κ2) is 9.46. The van der Waals surface area contributed by atoms with Crippen LogP contribution in [0, 0.1) is 6.92 Å². The maximum Gasteiger partial charge on any atom is 0.256 e. The molecule has 1 fully saturated rings. The van der Waals surface area contributed by atoms with Crippen molar-refractivity contribution in [2.75, 3.05) is 62.9 Å². The molecule has 32 heavy (non-hydrogen) atoms. The maximum absolute atomic E-state index is 13.5. The minimum absolute atomic E-state index is 0.239. The number of hydrogen-bond donors (Lipinski definition) is 0. The van der Waals surface area contributed by atoms with E-state index >= 15 is 0 Å². The number of carbonyl (C=O) groups excluding carboxylic acids is 1. The lowest BCUT2D eigenvalue weighted by Gasteiger charge is -2.37. The quantitative estimate of drug-likeness (QED) is 0.631. The predicted octanol–water partition coefficient (Wildman–Crippen LogP) is 3.02. The van der Waals surface area contributed by atoms with Crippen molar-refractivity contribution in [1.82, 2.24) is 4.90 Å². The highest BCUT2D eigenvalue weighted by atomic mass is 35.5. The number of piperazine rings is 1. The highest BCUT2D eigenvalue weighted by Crippen LogP contribution is 2.36. The van der Waals surface area contributed by atoms with Crippen LogP contribution in [-0.4, -0.2) is 72.9 Å². The van der Waals surface area contributed by atoms with E-state index in [0.29, 0.717) is 42.7 Å². The van der Waals surface area contributed by atoms with Crippen LogP contribution in [0.5, 0.6) is 11.5 Å². The molecule has 0 bridgehead atoms. The molecule has 174 valence electrons. The molecular formula is C22H28ClN3O5S. The van der Waals surface area contributed by atoms with Crippen LogP contribution in [0.3, 0.4) is 0 Å². The number of anilines is 2. The van der Waals surface area contributed by atoms with Gasteiger partial charge in [-0.25, -0.2) is 8.42 Å². The van der Waals surface area contributed by atoms with Gasteiger partial charge in [0.25, 0.3) is 5.91 Å². The summed E-state index contributed by atoms with van der Waals surface area (Å²) < 4.78 is 36.2. The molecule has 0 radical (unpaired) electrons. The summed E-state index contributed by atoms with van der Waals surface area (Å²) in [5, 5.41) is 0.669. The highest BCUT2D eigenvalue weighted by Gasteiger charge is 2.29. The van der Waals surface area contributed by atoms with Crippen molar-refractivity contribution in [3.05, 3.63) is 46.5 Å². The number of hydrogen-bond acceptors (Lipinski definition) is 6. The molecule has 10 heteroatoms. The van der Waals surface area contributed by atoms with Gasteiger partial charge in [-0.15, -0.1) is 0 Å². The van der Waals surface area contributed by atoms with Gasteiger partial charge < -0.3 is 19.3 Å². The summed E-state index contributed by atoms with van der Waals surface area (Å²) in [5.41, 5.74) is 2.64. The summed E-state index contributed by atoms with van der Waals surface area (Å²) in [6.07, 6.45) is 1.09. The Bertz CT molecular complexity index is 1110. The first-order valence-electron chi connectivity index (χ1n) is 10.1. The molecule has 1 aliphatic rings. The lowest BCUT2D eigenvalue weighted by molar-refractivity contribution is 0.0747. The monoisotopic (exact) mass is 481 g/mol.